The second kappa shape index (κ2) is 8.29. The van der Waals surface area contributed by atoms with E-state index < -0.39 is 4.92 Å². The van der Waals surface area contributed by atoms with Crippen LogP contribution in [0.1, 0.15) is 17.3 Å². The zero-order chi connectivity index (χ0) is 18.0. The predicted octanol–water partition coefficient (Wildman–Crippen LogP) is 1.72. The first-order valence-electron chi connectivity index (χ1n) is 8.20. The van der Waals surface area contributed by atoms with Crippen LogP contribution in [-0.4, -0.2) is 44.9 Å². The first kappa shape index (κ1) is 19.9. The van der Waals surface area contributed by atoms with Gasteiger partial charge in [0.05, 0.1) is 0 Å². The summed E-state index contributed by atoms with van der Waals surface area (Å²) in [5.41, 5.74) is 7.09. The third-order valence-electron chi connectivity index (χ3n) is 4.78. The Morgan fingerprint density at radius 2 is 2.04 bits per heavy atom. The third-order valence-corrected chi connectivity index (χ3v) is 4.78. The molecular formula is C17H22ClN5O3. The van der Waals surface area contributed by atoms with Gasteiger partial charge in [0, 0.05) is 25.9 Å². The summed E-state index contributed by atoms with van der Waals surface area (Å²) >= 11 is 0. The first-order valence-corrected chi connectivity index (χ1v) is 8.20. The first-order chi connectivity index (χ1) is 12.0. The second-order valence-corrected chi connectivity index (χ2v) is 6.34. The highest BCUT2D eigenvalue weighted by molar-refractivity contribution is 5.85. The average molecular weight is 380 g/mol. The van der Waals surface area contributed by atoms with Gasteiger partial charge in [0.25, 0.3) is 0 Å². The second-order valence-electron chi connectivity index (χ2n) is 6.34. The SMILES string of the molecule is Cc1nc([N+](=O)[O-])cn1CC(=O)N1C[C@@H](CN)[C@H](c2ccccc2)C1.Cl. The van der Waals surface area contributed by atoms with Crippen LogP contribution in [0.5, 0.6) is 0 Å². The monoisotopic (exact) mass is 379 g/mol. The van der Waals surface area contributed by atoms with Crippen LogP contribution < -0.4 is 5.73 Å². The molecule has 8 nitrogen and oxygen atoms in total. The Kier molecular flexibility index (Phi) is 6.33. The zero-order valence-corrected chi connectivity index (χ0v) is 15.3. The number of hydrogen-bond donors (Lipinski definition) is 1. The van der Waals surface area contributed by atoms with Crippen LogP contribution in [0.2, 0.25) is 0 Å². The number of nitrogens with two attached hydrogens (primary N) is 1. The van der Waals surface area contributed by atoms with Crippen molar-refractivity contribution >= 4 is 24.1 Å². The van der Waals surface area contributed by atoms with E-state index in [1.807, 2.05) is 18.2 Å². The summed E-state index contributed by atoms with van der Waals surface area (Å²) in [5, 5.41) is 10.8. The molecule has 0 unspecified atom stereocenters. The number of benzene rings is 1. The van der Waals surface area contributed by atoms with E-state index in [1.54, 1.807) is 11.8 Å². The number of amides is 1. The van der Waals surface area contributed by atoms with Crippen molar-refractivity contribution in [2.75, 3.05) is 19.6 Å². The molecule has 1 saturated heterocycles. The maximum Gasteiger partial charge on any atom is 0.381 e. The van der Waals surface area contributed by atoms with Crippen molar-refractivity contribution in [3.05, 3.63) is 58.0 Å². The van der Waals surface area contributed by atoms with E-state index >= 15 is 0 Å². The number of carbonyl (C=O) groups is 1. The molecule has 0 saturated carbocycles. The Bertz CT molecular complexity index is 780. The molecule has 0 spiro atoms. The quantitative estimate of drug-likeness (QED) is 0.628. The van der Waals surface area contributed by atoms with Gasteiger partial charge < -0.3 is 20.7 Å². The normalized spacial score (nSPS) is 19.2. The van der Waals surface area contributed by atoms with Crippen molar-refractivity contribution < 1.29 is 9.72 Å². The minimum atomic E-state index is -0.556. The standard InChI is InChI=1S/C17H21N5O3.ClH/c1-12-19-16(22(24)25)10-20(12)11-17(23)21-8-14(7-18)15(9-21)13-5-3-2-4-6-13;/h2-6,10,14-15H,7-9,11,18H2,1H3;1H/t14-,15+;/m1./s1. The van der Waals surface area contributed by atoms with Crippen molar-refractivity contribution in [2.24, 2.45) is 11.7 Å². The molecular weight excluding hydrogens is 358 g/mol. The molecule has 1 fully saturated rings. The highest BCUT2D eigenvalue weighted by Gasteiger charge is 2.35. The van der Waals surface area contributed by atoms with E-state index in [0.29, 0.717) is 25.5 Å². The van der Waals surface area contributed by atoms with Crippen LogP contribution in [0.3, 0.4) is 0 Å². The van der Waals surface area contributed by atoms with Crippen molar-refractivity contribution in [2.45, 2.75) is 19.4 Å². The van der Waals surface area contributed by atoms with Crippen molar-refractivity contribution in [1.82, 2.24) is 14.5 Å². The Morgan fingerprint density at radius 1 is 1.35 bits per heavy atom. The molecule has 2 aromatic rings. The number of rotatable bonds is 5. The topological polar surface area (TPSA) is 107 Å². The lowest BCUT2D eigenvalue weighted by atomic mass is 9.89. The Balaban J connectivity index is 0.00000243. The molecule has 1 aromatic heterocycles. The van der Waals surface area contributed by atoms with Gasteiger partial charge in [-0.1, -0.05) is 30.3 Å². The molecule has 1 aliphatic heterocycles. The fraction of sp³-hybridized carbons (Fsp3) is 0.412. The highest BCUT2D eigenvalue weighted by Crippen LogP contribution is 2.32. The number of carbonyl (C=O) groups excluding carboxylic acids is 1. The van der Waals surface area contributed by atoms with Gasteiger partial charge in [-0.2, -0.15) is 0 Å². The van der Waals surface area contributed by atoms with Gasteiger partial charge in [-0.3, -0.25) is 9.36 Å². The van der Waals surface area contributed by atoms with Gasteiger partial charge >= 0.3 is 5.82 Å². The molecule has 1 amide bonds. The fourth-order valence-corrected chi connectivity index (χ4v) is 3.38. The Morgan fingerprint density at radius 3 is 2.62 bits per heavy atom. The Hall–Kier alpha value is -2.45. The van der Waals surface area contributed by atoms with Gasteiger partial charge in [-0.25, -0.2) is 0 Å². The van der Waals surface area contributed by atoms with Crippen molar-refractivity contribution in [3.8, 4) is 0 Å². The van der Waals surface area contributed by atoms with Gasteiger partial charge in [-0.05, 0) is 27.9 Å². The minimum Gasteiger partial charge on any atom is -0.358 e. The third kappa shape index (κ3) is 4.03. The molecule has 26 heavy (non-hydrogen) atoms. The lowest BCUT2D eigenvalue weighted by Crippen LogP contribution is -2.32. The van der Waals surface area contributed by atoms with Crippen LogP contribution in [0.25, 0.3) is 0 Å². The number of nitrogens with zero attached hydrogens (tertiary/aromatic N) is 4. The number of halogens is 1. The average Bonchev–Trinajstić information content (AvgIpc) is 3.20. The fourth-order valence-electron chi connectivity index (χ4n) is 3.38. The zero-order valence-electron chi connectivity index (χ0n) is 14.4. The molecule has 1 aromatic carbocycles. The van der Waals surface area contributed by atoms with E-state index in [-0.39, 0.29) is 42.5 Å². The highest BCUT2D eigenvalue weighted by atomic mass is 35.5. The van der Waals surface area contributed by atoms with Crippen LogP contribution >= 0.6 is 12.4 Å². The van der Waals surface area contributed by atoms with Crippen LogP contribution in [0, 0.1) is 23.0 Å². The summed E-state index contributed by atoms with van der Waals surface area (Å²) in [6.45, 7) is 3.43. The largest absolute Gasteiger partial charge is 0.381 e. The molecule has 0 aliphatic carbocycles. The molecule has 140 valence electrons. The van der Waals surface area contributed by atoms with Gasteiger partial charge in [0.1, 0.15) is 12.7 Å². The molecule has 2 heterocycles. The molecule has 2 atom stereocenters. The van der Waals surface area contributed by atoms with E-state index in [2.05, 4.69) is 17.1 Å². The van der Waals surface area contributed by atoms with Crippen molar-refractivity contribution in [1.29, 1.82) is 0 Å². The van der Waals surface area contributed by atoms with Gasteiger partial charge in [0.15, 0.2) is 0 Å². The van der Waals surface area contributed by atoms with Gasteiger partial charge in [0.2, 0.25) is 11.7 Å². The number of likely N-dealkylation sites (tertiary alicyclic amines) is 1. The minimum absolute atomic E-state index is 0. The lowest BCUT2D eigenvalue weighted by molar-refractivity contribution is -0.389. The summed E-state index contributed by atoms with van der Waals surface area (Å²) in [4.78, 5) is 28.6. The smallest absolute Gasteiger partial charge is 0.358 e. The molecule has 3 rings (SSSR count). The molecule has 2 N–H and O–H groups in total. The van der Waals surface area contributed by atoms with Crippen LogP contribution in [-0.2, 0) is 11.3 Å². The summed E-state index contributed by atoms with van der Waals surface area (Å²) in [7, 11) is 0. The lowest BCUT2D eigenvalue weighted by Gasteiger charge is -2.17. The van der Waals surface area contributed by atoms with Crippen LogP contribution in [0.15, 0.2) is 36.5 Å². The number of hydrogen-bond acceptors (Lipinski definition) is 5. The van der Waals surface area contributed by atoms with E-state index in [1.165, 1.54) is 16.3 Å². The summed E-state index contributed by atoms with van der Waals surface area (Å²) in [6, 6.07) is 10.1. The maximum absolute atomic E-state index is 12.7. The number of aromatic nitrogens is 2. The number of nitro groups is 1. The van der Waals surface area contributed by atoms with E-state index in [0.717, 1.165) is 0 Å². The molecule has 1 aliphatic rings. The Labute approximate surface area is 157 Å². The maximum atomic E-state index is 12.7. The van der Waals surface area contributed by atoms with Gasteiger partial charge in [-0.15, -0.1) is 12.4 Å². The molecule has 0 radical (unpaired) electrons. The summed E-state index contributed by atoms with van der Waals surface area (Å²) in [5.74, 6) is 0.563. The number of aryl methyl sites for hydroxylation is 1. The van der Waals surface area contributed by atoms with Crippen LogP contribution in [0.4, 0.5) is 5.82 Å². The molecule has 0 bridgehead atoms. The van der Waals surface area contributed by atoms with E-state index in [9.17, 15) is 14.9 Å². The summed E-state index contributed by atoms with van der Waals surface area (Å²) in [6.07, 6.45) is 1.30. The summed E-state index contributed by atoms with van der Waals surface area (Å²) < 4.78 is 1.52. The van der Waals surface area contributed by atoms with E-state index in [4.69, 9.17) is 5.73 Å². The van der Waals surface area contributed by atoms with Crippen molar-refractivity contribution in [3.63, 3.8) is 0 Å². The molecule has 9 heteroatoms. The predicted molar refractivity (Wildman–Crippen MR) is 99.2 cm³/mol. The number of imidazole rings is 1.